The minimum atomic E-state index is -0.849. The lowest BCUT2D eigenvalue weighted by Gasteiger charge is -2.20. The van der Waals surface area contributed by atoms with Gasteiger partial charge in [0.25, 0.3) is 0 Å². The van der Waals surface area contributed by atoms with E-state index in [1.165, 1.54) is 218 Å². The Morgan fingerprint density at radius 1 is 0.412 bits per heavy atom. The van der Waals surface area contributed by atoms with E-state index < -0.39 is 12.1 Å². The Balaban J connectivity index is 3.42. The number of aliphatic hydroxyl groups is 2. The molecule has 3 N–H and O–H groups in total. The summed E-state index contributed by atoms with van der Waals surface area (Å²) in [6.07, 6.45) is 73.0. The van der Waals surface area contributed by atoms with Gasteiger partial charge >= 0.3 is 5.97 Å². The third-order valence-electron chi connectivity index (χ3n) is 13.6. The van der Waals surface area contributed by atoms with Crippen LogP contribution in [0.5, 0.6) is 0 Å². The Labute approximate surface area is 423 Å². The Hall–Kier alpha value is -2.18. The van der Waals surface area contributed by atoms with Crippen LogP contribution in [-0.2, 0) is 14.3 Å². The molecule has 0 aliphatic rings. The molecule has 1 amide bonds. The molecule has 0 saturated carbocycles. The Kier molecular flexibility index (Phi) is 55.6. The molecule has 0 saturated heterocycles. The number of rotatable bonds is 55. The molecule has 2 unspecified atom stereocenters. The second kappa shape index (κ2) is 57.4. The summed E-state index contributed by atoms with van der Waals surface area (Å²) >= 11 is 0. The molecular formula is C62H115NO5. The largest absolute Gasteiger partial charge is 0.466 e. The maximum absolute atomic E-state index is 12.4. The fourth-order valence-electron chi connectivity index (χ4n) is 8.95. The molecular weight excluding hydrogens is 839 g/mol. The first-order valence-corrected chi connectivity index (χ1v) is 29.9. The van der Waals surface area contributed by atoms with Gasteiger partial charge in [0.2, 0.25) is 5.91 Å². The normalized spacial score (nSPS) is 12.9. The number of hydrogen-bond acceptors (Lipinski definition) is 5. The summed E-state index contributed by atoms with van der Waals surface area (Å²) in [6.45, 7) is 4.86. The number of carbonyl (C=O) groups excluding carboxylic acids is 2. The van der Waals surface area contributed by atoms with E-state index in [2.05, 4.69) is 55.6 Å². The lowest BCUT2D eigenvalue weighted by molar-refractivity contribution is -0.143. The predicted molar refractivity (Wildman–Crippen MR) is 296 cm³/mol. The minimum absolute atomic E-state index is 0.00549. The van der Waals surface area contributed by atoms with E-state index in [9.17, 15) is 19.8 Å². The monoisotopic (exact) mass is 954 g/mol. The zero-order valence-electron chi connectivity index (χ0n) is 45.3. The number of nitrogens with one attached hydrogen (secondary N) is 1. The quantitative estimate of drug-likeness (QED) is 0.0321. The predicted octanol–water partition coefficient (Wildman–Crippen LogP) is 18.6. The SMILES string of the molecule is CCCCCCCC/C=C\CCCCCCCCCCCC(=O)OCCCCCCCCCCC/C=C\C/C=C\CCCCCCCCCC(=O)NC(CO)C(O)/C=C/CCCCCCCCC. The lowest BCUT2D eigenvalue weighted by atomic mass is 10.1. The summed E-state index contributed by atoms with van der Waals surface area (Å²) in [7, 11) is 0. The van der Waals surface area contributed by atoms with Crippen molar-refractivity contribution >= 4 is 11.9 Å². The van der Waals surface area contributed by atoms with Gasteiger partial charge in [-0.2, -0.15) is 0 Å². The van der Waals surface area contributed by atoms with Crippen molar-refractivity contribution in [1.82, 2.24) is 5.32 Å². The fraction of sp³-hybridized carbons (Fsp3) is 0.839. The molecule has 0 rings (SSSR count). The van der Waals surface area contributed by atoms with Gasteiger partial charge in [-0.15, -0.1) is 0 Å². The van der Waals surface area contributed by atoms with Gasteiger partial charge in [-0.3, -0.25) is 9.59 Å². The molecule has 2 atom stereocenters. The number of allylic oxidation sites excluding steroid dienone is 7. The fourth-order valence-corrected chi connectivity index (χ4v) is 8.95. The molecule has 6 heteroatoms. The highest BCUT2D eigenvalue weighted by Gasteiger charge is 2.18. The van der Waals surface area contributed by atoms with Gasteiger partial charge in [-0.05, 0) is 89.9 Å². The van der Waals surface area contributed by atoms with Crippen LogP contribution in [-0.4, -0.2) is 47.4 Å². The van der Waals surface area contributed by atoms with Gasteiger partial charge < -0.3 is 20.3 Å². The van der Waals surface area contributed by atoms with E-state index >= 15 is 0 Å². The van der Waals surface area contributed by atoms with Crippen molar-refractivity contribution in [2.45, 2.75) is 321 Å². The zero-order chi connectivity index (χ0) is 49.3. The van der Waals surface area contributed by atoms with E-state index in [1.807, 2.05) is 6.08 Å². The van der Waals surface area contributed by atoms with Crippen LogP contribution in [0, 0.1) is 0 Å². The molecule has 0 spiro atoms. The molecule has 0 heterocycles. The summed E-state index contributed by atoms with van der Waals surface area (Å²) in [5, 5.41) is 22.9. The van der Waals surface area contributed by atoms with Crippen LogP contribution in [0.15, 0.2) is 48.6 Å². The molecule has 0 fully saturated rings. The Morgan fingerprint density at radius 3 is 1.13 bits per heavy atom. The van der Waals surface area contributed by atoms with Crippen molar-refractivity contribution in [3.8, 4) is 0 Å². The van der Waals surface area contributed by atoms with Gasteiger partial charge in [0, 0.05) is 12.8 Å². The van der Waals surface area contributed by atoms with E-state index in [1.54, 1.807) is 6.08 Å². The molecule has 0 aromatic carbocycles. The third-order valence-corrected chi connectivity index (χ3v) is 13.6. The molecule has 0 aliphatic carbocycles. The summed E-state index contributed by atoms with van der Waals surface area (Å²) in [4.78, 5) is 24.5. The van der Waals surface area contributed by atoms with E-state index in [4.69, 9.17) is 4.74 Å². The van der Waals surface area contributed by atoms with Crippen LogP contribution in [0.1, 0.15) is 309 Å². The number of amides is 1. The molecule has 0 aromatic heterocycles. The van der Waals surface area contributed by atoms with Crippen molar-refractivity contribution in [2.24, 2.45) is 0 Å². The summed E-state index contributed by atoms with van der Waals surface area (Å²) < 4.78 is 5.49. The Morgan fingerprint density at radius 2 is 0.735 bits per heavy atom. The minimum Gasteiger partial charge on any atom is -0.466 e. The van der Waals surface area contributed by atoms with Crippen molar-refractivity contribution < 1.29 is 24.5 Å². The number of esters is 1. The molecule has 398 valence electrons. The highest BCUT2D eigenvalue weighted by molar-refractivity contribution is 5.76. The number of unbranched alkanes of at least 4 members (excludes halogenated alkanes) is 38. The van der Waals surface area contributed by atoms with Crippen LogP contribution >= 0.6 is 0 Å². The van der Waals surface area contributed by atoms with E-state index in [0.29, 0.717) is 19.4 Å². The van der Waals surface area contributed by atoms with Crippen LogP contribution in [0.4, 0.5) is 0 Å². The molecule has 0 radical (unpaired) electrons. The first kappa shape index (κ1) is 65.8. The lowest BCUT2D eigenvalue weighted by Crippen LogP contribution is -2.45. The number of aliphatic hydroxyl groups excluding tert-OH is 2. The topological polar surface area (TPSA) is 95.9 Å². The van der Waals surface area contributed by atoms with Crippen molar-refractivity contribution in [3.63, 3.8) is 0 Å². The average molecular weight is 955 g/mol. The smallest absolute Gasteiger partial charge is 0.305 e. The zero-order valence-corrected chi connectivity index (χ0v) is 45.3. The van der Waals surface area contributed by atoms with Crippen molar-refractivity contribution in [3.05, 3.63) is 48.6 Å². The summed E-state index contributed by atoms with van der Waals surface area (Å²) in [5.41, 5.74) is 0. The molecule has 0 bridgehead atoms. The molecule has 0 aliphatic heterocycles. The standard InChI is InChI=1S/C62H115NO5/c1-3-5-7-9-11-13-14-15-16-17-23-27-30-33-36-40-44-48-52-56-62(67)68-57-53-49-45-41-37-34-31-28-25-22-20-18-19-21-24-26-29-32-35-39-43-47-51-55-61(66)63-59(58-64)60(65)54-50-46-42-38-12-10-8-6-4-2/h15-16,18,20-21,24,50,54,59-60,64-65H,3-14,17,19,22-23,25-49,51-53,55-58H2,1-2H3,(H,63,66)/b16-15-,20-18-,24-21-,54-50+. The average Bonchev–Trinajstić information content (AvgIpc) is 3.34. The van der Waals surface area contributed by atoms with Gasteiger partial charge in [0.1, 0.15) is 0 Å². The summed E-state index contributed by atoms with van der Waals surface area (Å²) in [6, 6.07) is -0.634. The van der Waals surface area contributed by atoms with Gasteiger partial charge in [0.15, 0.2) is 0 Å². The van der Waals surface area contributed by atoms with Crippen LogP contribution in [0.25, 0.3) is 0 Å². The number of ether oxygens (including phenoxy) is 1. The second-order valence-corrected chi connectivity index (χ2v) is 20.3. The van der Waals surface area contributed by atoms with Crippen LogP contribution in [0.2, 0.25) is 0 Å². The highest BCUT2D eigenvalue weighted by atomic mass is 16.5. The summed E-state index contributed by atoms with van der Waals surface area (Å²) in [5.74, 6) is -0.0762. The third kappa shape index (κ3) is 53.2. The van der Waals surface area contributed by atoms with Gasteiger partial charge in [0.05, 0.1) is 25.4 Å². The van der Waals surface area contributed by atoms with E-state index in [-0.39, 0.29) is 18.5 Å². The molecule has 0 aromatic rings. The first-order valence-electron chi connectivity index (χ1n) is 29.9. The second-order valence-electron chi connectivity index (χ2n) is 20.3. The molecule has 68 heavy (non-hydrogen) atoms. The van der Waals surface area contributed by atoms with Gasteiger partial charge in [-0.1, -0.05) is 255 Å². The van der Waals surface area contributed by atoms with Crippen LogP contribution < -0.4 is 5.32 Å². The van der Waals surface area contributed by atoms with Gasteiger partial charge in [-0.25, -0.2) is 0 Å². The number of hydrogen-bond donors (Lipinski definition) is 3. The van der Waals surface area contributed by atoms with Crippen molar-refractivity contribution in [1.29, 1.82) is 0 Å². The molecule has 6 nitrogen and oxygen atoms in total. The number of carbonyl (C=O) groups is 2. The van der Waals surface area contributed by atoms with Crippen molar-refractivity contribution in [2.75, 3.05) is 13.2 Å². The maximum Gasteiger partial charge on any atom is 0.305 e. The highest BCUT2D eigenvalue weighted by Crippen LogP contribution is 2.16. The first-order chi connectivity index (χ1) is 33.5. The Bertz CT molecular complexity index is 1150. The maximum atomic E-state index is 12.4. The van der Waals surface area contributed by atoms with Crippen LogP contribution in [0.3, 0.4) is 0 Å². The van der Waals surface area contributed by atoms with E-state index in [0.717, 1.165) is 64.2 Å².